The summed E-state index contributed by atoms with van der Waals surface area (Å²) in [6.45, 7) is 1.86. The van der Waals surface area contributed by atoms with Crippen LogP contribution >= 0.6 is 27.5 Å². The highest BCUT2D eigenvalue weighted by molar-refractivity contribution is 9.10. The summed E-state index contributed by atoms with van der Waals surface area (Å²) in [5, 5.41) is 0.557. The molecule has 0 saturated carbocycles. The Bertz CT molecular complexity index is 584. The van der Waals surface area contributed by atoms with E-state index >= 15 is 0 Å². The molecule has 0 aliphatic heterocycles. The fourth-order valence-corrected chi connectivity index (χ4v) is 2.50. The molecule has 0 saturated heterocycles. The summed E-state index contributed by atoms with van der Waals surface area (Å²) in [7, 11) is 0. The van der Waals surface area contributed by atoms with Crippen molar-refractivity contribution < 1.29 is 4.39 Å². The van der Waals surface area contributed by atoms with Crippen LogP contribution in [-0.4, -0.2) is 0 Å². The second-order valence-electron chi connectivity index (χ2n) is 4.15. The molecule has 0 heterocycles. The van der Waals surface area contributed by atoms with Crippen LogP contribution in [0.15, 0.2) is 40.9 Å². The third kappa shape index (κ3) is 2.74. The number of rotatable bonds is 2. The summed E-state index contributed by atoms with van der Waals surface area (Å²) in [4.78, 5) is 0. The zero-order chi connectivity index (χ0) is 13.3. The first-order valence-electron chi connectivity index (χ1n) is 5.49. The number of nitrogens with two attached hydrogens (primary N) is 1. The van der Waals surface area contributed by atoms with Gasteiger partial charge in [-0.3, -0.25) is 0 Å². The number of halogens is 3. The van der Waals surface area contributed by atoms with Gasteiger partial charge in [0.05, 0.1) is 0 Å². The summed E-state index contributed by atoms with van der Waals surface area (Å²) in [6, 6.07) is 10.1. The van der Waals surface area contributed by atoms with Crippen LogP contribution in [0.2, 0.25) is 5.02 Å². The normalized spacial score (nSPS) is 12.5. The van der Waals surface area contributed by atoms with Gasteiger partial charge < -0.3 is 5.73 Å². The second kappa shape index (κ2) is 5.39. The van der Waals surface area contributed by atoms with Crippen molar-refractivity contribution in [2.75, 3.05) is 0 Å². The molecule has 0 fully saturated rings. The van der Waals surface area contributed by atoms with E-state index in [1.165, 1.54) is 6.07 Å². The van der Waals surface area contributed by atoms with Crippen molar-refractivity contribution in [3.05, 3.63) is 57.3 Å². The largest absolute Gasteiger partial charge is 0.324 e. The lowest BCUT2D eigenvalue weighted by Crippen LogP contribution is -2.05. The van der Waals surface area contributed by atoms with Crippen molar-refractivity contribution >= 4 is 27.5 Å². The van der Waals surface area contributed by atoms with Gasteiger partial charge in [0.2, 0.25) is 0 Å². The minimum absolute atomic E-state index is 0.140. The van der Waals surface area contributed by atoms with Gasteiger partial charge in [-0.05, 0) is 42.3 Å². The SMILES string of the molecule is CC(N)c1ccc(-c2cc(Br)ccc2F)cc1Cl. The first-order valence-corrected chi connectivity index (χ1v) is 6.66. The molecular formula is C14H12BrClFN. The molecule has 2 N–H and O–H groups in total. The molecule has 2 aromatic carbocycles. The lowest BCUT2D eigenvalue weighted by Gasteiger charge is -2.11. The van der Waals surface area contributed by atoms with Gasteiger partial charge in [-0.2, -0.15) is 0 Å². The van der Waals surface area contributed by atoms with Gasteiger partial charge >= 0.3 is 0 Å². The maximum atomic E-state index is 13.8. The average Bonchev–Trinajstić information content (AvgIpc) is 2.31. The Kier molecular flexibility index (Phi) is 4.05. The number of hydrogen-bond acceptors (Lipinski definition) is 1. The molecule has 0 aliphatic rings. The monoisotopic (exact) mass is 327 g/mol. The Morgan fingerprint density at radius 3 is 2.56 bits per heavy atom. The van der Waals surface area contributed by atoms with Crippen LogP contribution in [0.5, 0.6) is 0 Å². The molecule has 0 spiro atoms. The van der Waals surface area contributed by atoms with Crippen LogP contribution in [0.1, 0.15) is 18.5 Å². The fourth-order valence-electron chi connectivity index (χ4n) is 1.78. The Balaban J connectivity index is 2.52. The van der Waals surface area contributed by atoms with Gasteiger partial charge in [0.15, 0.2) is 0 Å². The van der Waals surface area contributed by atoms with Gasteiger partial charge in [0.25, 0.3) is 0 Å². The van der Waals surface area contributed by atoms with Gasteiger partial charge in [0.1, 0.15) is 5.82 Å². The van der Waals surface area contributed by atoms with Crippen LogP contribution in [0.25, 0.3) is 11.1 Å². The third-order valence-corrected chi connectivity index (χ3v) is 3.55. The van der Waals surface area contributed by atoms with E-state index in [1.54, 1.807) is 18.2 Å². The van der Waals surface area contributed by atoms with Crippen molar-refractivity contribution in [2.24, 2.45) is 5.73 Å². The third-order valence-electron chi connectivity index (χ3n) is 2.73. The maximum absolute atomic E-state index is 13.8. The molecule has 94 valence electrons. The van der Waals surface area contributed by atoms with Crippen molar-refractivity contribution in [1.82, 2.24) is 0 Å². The molecule has 0 aliphatic carbocycles. The Morgan fingerprint density at radius 1 is 1.22 bits per heavy atom. The fraction of sp³-hybridized carbons (Fsp3) is 0.143. The Labute approximate surface area is 119 Å². The Hall–Kier alpha value is -0.900. The van der Waals surface area contributed by atoms with Crippen molar-refractivity contribution in [3.63, 3.8) is 0 Å². The molecule has 0 aromatic heterocycles. The van der Waals surface area contributed by atoms with E-state index in [2.05, 4.69) is 15.9 Å². The predicted molar refractivity (Wildman–Crippen MR) is 77.1 cm³/mol. The number of benzene rings is 2. The molecule has 1 nitrogen and oxygen atoms in total. The van der Waals surface area contributed by atoms with E-state index in [-0.39, 0.29) is 11.9 Å². The summed E-state index contributed by atoms with van der Waals surface area (Å²) in [5.41, 5.74) is 7.90. The molecule has 1 unspecified atom stereocenters. The molecule has 0 bridgehead atoms. The van der Waals surface area contributed by atoms with Crippen LogP contribution in [-0.2, 0) is 0 Å². The quantitative estimate of drug-likeness (QED) is 0.831. The zero-order valence-corrected chi connectivity index (χ0v) is 12.1. The van der Waals surface area contributed by atoms with Crippen molar-refractivity contribution in [1.29, 1.82) is 0 Å². The maximum Gasteiger partial charge on any atom is 0.131 e. The van der Waals surface area contributed by atoms with E-state index in [0.29, 0.717) is 10.6 Å². The van der Waals surface area contributed by atoms with Crippen LogP contribution in [0.3, 0.4) is 0 Å². The first kappa shape index (κ1) is 13.5. The van der Waals surface area contributed by atoms with E-state index in [0.717, 1.165) is 15.6 Å². The zero-order valence-electron chi connectivity index (χ0n) is 9.75. The molecule has 18 heavy (non-hydrogen) atoms. The molecule has 2 aromatic rings. The minimum atomic E-state index is -0.275. The topological polar surface area (TPSA) is 26.0 Å². The highest BCUT2D eigenvalue weighted by atomic mass is 79.9. The van der Waals surface area contributed by atoms with E-state index in [9.17, 15) is 4.39 Å². The smallest absolute Gasteiger partial charge is 0.131 e. The van der Waals surface area contributed by atoms with Gasteiger partial charge in [-0.15, -0.1) is 0 Å². The van der Waals surface area contributed by atoms with Gasteiger partial charge in [0, 0.05) is 21.1 Å². The summed E-state index contributed by atoms with van der Waals surface area (Å²) in [6.07, 6.45) is 0. The van der Waals surface area contributed by atoms with Crippen molar-refractivity contribution in [3.8, 4) is 11.1 Å². The van der Waals surface area contributed by atoms with E-state index in [1.807, 2.05) is 19.1 Å². The van der Waals surface area contributed by atoms with Crippen LogP contribution in [0, 0.1) is 5.82 Å². The van der Waals surface area contributed by atoms with Crippen LogP contribution < -0.4 is 5.73 Å². The predicted octanol–water partition coefficient (Wildman–Crippen LogP) is 4.93. The van der Waals surface area contributed by atoms with Crippen molar-refractivity contribution in [2.45, 2.75) is 13.0 Å². The highest BCUT2D eigenvalue weighted by Crippen LogP contribution is 2.31. The molecule has 2 rings (SSSR count). The lowest BCUT2D eigenvalue weighted by molar-refractivity contribution is 0.631. The molecule has 0 radical (unpaired) electrons. The highest BCUT2D eigenvalue weighted by Gasteiger charge is 2.10. The average molecular weight is 329 g/mol. The summed E-state index contributed by atoms with van der Waals surface area (Å²) >= 11 is 9.48. The second-order valence-corrected chi connectivity index (χ2v) is 5.47. The lowest BCUT2D eigenvalue weighted by atomic mass is 10.0. The van der Waals surface area contributed by atoms with Crippen LogP contribution in [0.4, 0.5) is 4.39 Å². The number of hydrogen-bond donors (Lipinski definition) is 1. The minimum Gasteiger partial charge on any atom is -0.324 e. The Morgan fingerprint density at radius 2 is 1.94 bits per heavy atom. The molecular weight excluding hydrogens is 317 g/mol. The van der Waals surface area contributed by atoms with Gasteiger partial charge in [-0.25, -0.2) is 4.39 Å². The summed E-state index contributed by atoms with van der Waals surface area (Å²) in [5.74, 6) is -0.275. The first-order chi connectivity index (χ1) is 8.49. The summed E-state index contributed by atoms with van der Waals surface area (Å²) < 4.78 is 14.6. The van der Waals surface area contributed by atoms with E-state index < -0.39 is 0 Å². The van der Waals surface area contributed by atoms with E-state index in [4.69, 9.17) is 17.3 Å². The molecule has 0 amide bonds. The standard InChI is InChI=1S/C14H12BrClFN/c1-8(18)11-4-2-9(6-13(11)16)12-7-10(15)3-5-14(12)17/h2-8H,18H2,1H3. The van der Waals surface area contributed by atoms with Gasteiger partial charge in [-0.1, -0.05) is 39.7 Å². The molecule has 4 heteroatoms. The molecule has 1 atom stereocenters.